The summed E-state index contributed by atoms with van der Waals surface area (Å²) in [6, 6.07) is 8.58. The van der Waals surface area contributed by atoms with Gasteiger partial charge in [0.2, 0.25) is 0 Å². The Labute approximate surface area is 168 Å². The number of rotatable bonds is 5. The van der Waals surface area contributed by atoms with Crippen molar-refractivity contribution < 1.29 is 27.7 Å². The molecule has 0 aromatic heterocycles. The molecule has 2 aromatic rings. The van der Waals surface area contributed by atoms with Crippen LogP contribution in [0.15, 0.2) is 46.4 Å². The molecule has 0 bridgehead atoms. The summed E-state index contributed by atoms with van der Waals surface area (Å²) >= 11 is 5.17. The number of quaternary nitrogens is 1. The fraction of sp³-hybridized carbons (Fsp3) is 0.222. The molecule has 0 fully saturated rings. The van der Waals surface area contributed by atoms with Crippen LogP contribution < -0.4 is 14.5 Å². The number of aromatic hydroxyl groups is 2. The first-order chi connectivity index (χ1) is 13.2. The quantitative estimate of drug-likeness (QED) is 0.533. The molecule has 1 atom stereocenters. The molecule has 0 saturated heterocycles. The van der Waals surface area contributed by atoms with E-state index in [4.69, 9.17) is 17.0 Å². The van der Waals surface area contributed by atoms with Crippen LogP contribution in [0.4, 0.5) is 0 Å². The Balaban J connectivity index is 2.10. The lowest BCUT2D eigenvalue weighted by atomic mass is 9.98. The van der Waals surface area contributed by atoms with E-state index in [-0.39, 0.29) is 43.1 Å². The zero-order valence-electron chi connectivity index (χ0n) is 15.4. The van der Waals surface area contributed by atoms with Crippen LogP contribution in [0.3, 0.4) is 0 Å². The Morgan fingerprint density at radius 3 is 2.36 bits per heavy atom. The van der Waals surface area contributed by atoms with E-state index in [2.05, 4.69) is 10.5 Å². The van der Waals surface area contributed by atoms with Crippen molar-refractivity contribution in [1.82, 2.24) is 5.43 Å². The van der Waals surface area contributed by atoms with Crippen LogP contribution in [-0.4, -0.2) is 36.7 Å². The summed E-state index contributed by atoms with van der Waals surface area (Å²) < 4.78 is 31.3. The van der Waals surface area contributed by atoms with Crippen molar-refractivity contribution in [2.75, 3.05) is 7.11 Å². The van der Waals surface area contributed by atoms with Gasteiger partial charge in [-0.3, -0.25) is 0 Å². The van der Waals surface area contributed by atoms with E-state index in [0.717, 1.165) is 0 Å². The molecule has 148 valence electrons. The van der Waals surface area contributed by atoms with Gasteiger partial charge in [-0.2, -0.15) is 8.42 Å². The first-order valence-corrected chi connectivity index (χ1v) is 10.3. The van der Waals surface area contributed by atoms with Gasteiger partial charge >= 0.3 is 15.1 Å². The van der Waals surface area contributed by atoms with Crippen LogP contribution in [0, 0.1) is 0 Å². The number of methoxy groups -OCH3 is 1. The summed E-state index contributed by atoms with van der Waals surface area (Å²) in [6.45, 7) is 3.74. The minimum Gasteiger partial charge on any atom is -0.508 e. The fourth-order valence-electron chi connectivity index (χ4n) is 2.87. The van der Waals surface area contributed by atoms with E-state index < -0.39 is 10.0 Å². The van der Waals surface area contributed by atoms with Gasteiger partial charge in [0.1, 0.15) is 27.7 Å². The van der Waals surface area contributed by atoms with Crippen molar-refractivity contribution in [2.45, 2.75) is 24.7 Å². The largest absolute Gasteiger partial charge is 0.508 e. The number of sulfonamides is 1. The van der Waals surface area contributed by atoms with E-state index >= 15 is 0 Å². The molecule has 8 nitrogen and oxygen atoms in total. The third kappa shape index (κ3) is 3.41. The van der Waals surface area contributed by atoms with Crippen LogP contribution in [-0.2, 0) is 10.0 Å². The van der Waals surface area contributed by atoms with Crippen molar-refractivity contribution in [3.05, 3.63) is 47.5 Å². The van der Waals surface area contributed by atoms with Crippen LogP contribution in [0.1, 0.15) is 30.9 Å². The molecule has 2 aromatic carbocycles. The maximum atomic E-state index is 13.2. The van der Waals surface area contributed by atoms with E-state index in [1.807, 2.05) is 13.8 Å². The molecule has 28 heavy (non-hydrogen) atoms. The maximum absolute atomic E-state index is 13.2. The number of benzene rings is 2. The molecular weight excluding hydrogens is 402 g/mol. The number of hydrogen-bond donors (Lipinski definition) is 4. The Hall–Kier alpha value is -2.69. The summed E-state index contributed by atoms with van der Waals surface area (Å²) in [5.41, 5.74) is 3.23. The van der Waals surface area contributed by atoms with Crippen LogP contribution in [0.25, 0.3) is 0 Å². The SMILES string of the molecule is COc1ccc(S(=O)(=O)[NH+]2C(=S)NN=C2c2cc(C(C)C)c(O)cc2O)cc1. The van der Waals surface area contributed by atoms with E-state index in [1.165, 1.54) is 43.5 Å². The average molecular weight is 423 g/mol. The number of nitrogens with one attached hydrogen (secondary N) is 2. The number of ether oxygens (including phenoxy) is 1. The molecule has 4 N–H and O–H groups in total. The first kappa shape index (κ1) is 20.1. The van der Waals surface area contributed by atoms with Crippen molar-refractivity contribution in [1.29, 1.82) is 0 Å². The number of amidine groups is 1. The second kappa shape index (κ2) is 7.38. The van der Waals surface area contributed by atoms with Crippen molar-refractivity contribution >= 4 is 33.2 Å². The van der Waals surface area contributed by atoms with Gasteiger partial charge in [0.05, 0.1) is 7.11 Å². The molecule has 0 spiro atoms. The highest BCUT2D eigenvalue weighted by Gasteiger charge is 2.43. The second-order valence-corrected chi connectivity index (χ2v) is 8.79. The number of hydrogen-bond acceptors (Lipinski definition) is 7. The summed E-state index contributed by atoms with van der Waals surface area (Å²) in [6.07, 6.45) is 0. The molecule has 0 aliphatic carbocycles. The van der Waals surface area contributed by atoms with Crippen molar-refractivity contribution in [3.8, 4) is 17.2 Å². The monoisotopic (exact) mass is 422 g/mol. The summed E-state index contributed by atoms with van der Waals surface area (Å²) in [5.74, 6) is 0.0883. The second-order valence-electron chi connectivity index (χ2n) is 6.49. The van der Waals surface area contributed by atoms with Crippen LogP contribution >= 0.6 is 12.2 Å². The third-order valence-corrected chi connectivity index (χ3v) is 6.60. The average Bonchev–Trinajstić information content (AvgIpc) is 3.03. The zero-order chi connectivity index (χ0) is 20.6. The highest BCUT2D eigenvalue weighted by Crippen LogP contribution is 2.32. The minimum absolute atomic E-state index is 0.000202. The zero-order valence-corrected chi connectivity index (χ0v) is 17.1. The molecule has 1 heterocycles. The van der Waals surface area contributed by atoms with E-state index in [9.17, 15) is 18.6 Å². The molecule has 3 rings (SSSR count). The smallest absolute Gasteiger partial charge is 0.338 e. The molecule has 1 aliphatic rings. The first-order valence-electron chi connectivity index (χ1n) is 8.37. The number of nitrogens with zero attached hydrogens (tertiary/aromatic N) is 1. The Morgan fingerprint density at radius 2 is 1.79 bits per heavy atom. The minimum atomic E-state index is -4.02. The molecule has 0 amide bonds. The lowest BCUT2D eigenvalue weighted by molar-refractivity contribution is -0.534. The lowest BCUT2D eigenvalue weighted by Crippen LogP contribution is -3.17. The predicted molar refractivity (Wildman–Crippen MR) is 107 cm³/mol. The molecule has 1 aliphatic heterocycles. The maximum Gasteiger partial charge on any atom is 0.338 e. The predicted octanol–water partition coefficient (Wildman–Crippen LogP) is 1.05. The molecule has 10 heteroatoms. The van der Waals surface area contributed by atoms with E-state index in [0.29, 0.717) is 11.3 Å². The van der Waals surface area contributed by atoms with Crippen molar-refractivity contribution in [3.63, 3.8) is 0 Å². The molecule has 0 radical (unpaired) electrons. The number of thiocarbonyl (C=S) groups is 1. The number of hydrazone groups is 1. The Bertz CT molecular complexity index is 1060. The van der Waals surface area contributed by atoms with Gasteiger partial charge in [-0.1, -0.05) is 13.8 Å². The third-order valence-electron chi connectivity index (χ3n) is 4.35. The van der Waals surface area contributed by atoms with Crippen LogP contribution in [0.2, 0.25) is 0 Å². The van der Waals surface area contributed by atoms with Gasteiger partial charge < -0.3 is 14.9 Å². The normalized spacial score (nSPS) is 16.8. The van der Waals surface area contributed by atoms with E-state index in [1.54, 1.807) is 0 Å². The number of phenolic OH excluding ortho intramolecular Hbond substituents is 2. The van der Waals surface area contributed by atoms with Gasteiger partial charge in [0, 0.05) is 18.3 Å². The fourth-order valence-corrected chi connectivity index (χ4v) is 4.77. The molecule has 1 unspecified atom stereocenters. The van der Waals surface area contributed by atoms with Gasteiger partial charge in [-0.25, -0.2) is 5.43 Å². The van der Waals surface area contributed by atoms with Crippen molar-refractivity contribution in [2.24, 2.45) is 5.10 Å². The standard InChI is InChI=1S/C18H19N3O5S2/c1-10(2)13-8-14(16(23)9-15(13)22)17-19-20-18(27)21(17)28(24,25)12-6-4-11(26-3)5-7-12/h4-10,22-23H,1-3H3,(H,20,27)/p+1. The summed E-state index contributed by atoms with van der Waals surface area (Å²) in [5, 5.41) is 24.3. The Kier molecular flexibility index (Phi) is 5.28. The summed E-state index contributed by atoms with van der Waals surface area (Å²) in [7, 11) is -2.53. The number of phenols is 2. The van der Waals surface area contributed by atoms with Gasteiger partial charge in [-0.05, 0) is 41.8 Å². The highest BCUT2D eigenvalue weighted by molar-refractivity contribution is 7.87. The highest BCUT2D eigenvalue weighted by atomic mass is 32.2. The van der Waals surface area contributed by atoms with Gasteiger partial charge in [0.15, 0.2) is 0 Å². The lowest BCUT2D eigenvalue weighted by Gasteiger charge is -2.16. The molecule has 0 saturated carbocycles. The molecular formula is C18H20N3O5S2+. The van der Waals surface area contributed by atoms with Gasteiger partial charge in [0.25, 0.3) is 5.84 Å². The topological polar surface area (TPSA) is 113 Å². The Morgan fingerprint density at radius 1 is 1.14 bits per heavy atom. The van der Waals surface area contributed by atoms with Crippen LogP contribution in [0.5, 0.6) is 17.2 Å². The van der Waals surface area contributed by atoms with Gasteiger partial charge in [-0.15, -0.1) is 9.41 Å². The summed E-state index contributed by atoms with van der Waals surface area (Å²) in [4.78, 5) is 0.0180.